The van der Waals surface area contributed by atoms with Gasteiger partial charge in [0.2, 0.25) is 5.91 Å². The largest absolute Gasteiger partial charge is 0.383 e. The Bertz CT molecular complexity index is 1160. The lowest BCUT2D eigenvalue weighted by Crippen LogP contribution is -2.60. The quantitative estimate of drug-likeness (QED) is 0.437. The zero-order valence-electron chi connectivity index (χ0n) is 17.6. The molecule has 166 valence electrons. The lowest BCUT2D eigenvalue weighted by Gasteiger charge is -2.45. The maximum atomic E-state index is 12.9. The Balaban J connectivity index is 1.50. The number of nitrogens with zero attached hydrogens (tertiary/aromatic N) is 4. The Hall–Kier alpha value is -2.81. The average Bonchev–Trinajstić information content (AvgIpc) is 3.22. The molecule has 9 heteroatoms. The maximum absolute atomic E-state index is 12.9. The fourth-order valence-corrected chi connectivity index (χ4v) is 5.16. The van der Waals surface area contributed by atoms with Gasteiger partial charge in [-0.3, -0.25) is 9.69 Å². The number of nitrogen functional groups attached to an aromatic ring is 1. The third kappa shape index (κ3) is 4.67. The van der Waals surface area contributed by atoms with Crippen LogP contribution in [0.15, 0.2) is 42.7 Å². The van der Waals surface area contributed by atoms with Gasteiger partial charge in [0, 0.05) is 36.0 Å². The minimum absolute atomic E-state index is 0.0919. The first-order valence-corrected chi connectivity index (χ1v) is 11.6. The van der Waals surface area contributed by atoms with E-state index in [2.05, 4.69) is 14.9 Å². The minimum Gasteiger partial charge on any atom is -0.383 e. The molecule has 0 bridgehead atoms. The summed E-state index contributed by atoms with van der Waals surface area (Å²) in [4.78, 5) is 38.2. The molecule has 1 aliphatic heterocycles. The third-order valence-electron chi connectivity index (χ3n) is 5.79. The van der Waals surface area contributed by atoms with Crippen molar-refractivity contribution < 1.29 is 9.59 Å². The summed E-state index contributed by atoms with van der Waals surface area (Å²) >= 11 is 7.38. The standard InChI is InChI=1S/C23H24ClN5O2S/c1-2-19-20(13-30)28(12-15-3-6-17-18(11-15)26-14-27-23(17)25)9-10-29(19)22(31)8-5-16-4-7-21(24)32-16/h3-8,11,13-14,19-20H,2,9-10,12H2,1H3,(H2,25,26,27)/t19-,20?/m0/s1. The number of carbonyl (C=O) groups is 2. The SMILES string of the molecule is CC[C@H]1C(C=O)N(Cc2ccc3c(N)ncnc3c2)CCN1C(=O)C=Cc1ccc(Cl)s1. The van der Waals surface area contributed by atoms with Gasteiger partial charge in [0.15, 0.2) is 0 Å². The van der Waals surface area contributed by atoms with Crippen LogP contribution in [-0.2, 0) is 16.1 Å². The predicted octanol–water partition coefficient (Wildman–Crippen LogP) is 3.63. The highest BCUT2D eigenvalue weighted by Crippen LogP contribution is 2.25. The number of hydrogen-bond acceptors (Lipinski definition) is 7. The predicted molar refractivity (Wildman–Crippen MR) is 128 cm³/mol. The highest BCUT2D eigenvalue weighted by Gasteiger charge is 2.37. The molecule has 0 spiro atoms. The summed E-state index contributed by atoms with van der Waals surface area (Å²) in [5.41, 5.74) is 7.73. The lowest BCUT2D eigenvalue weighted by atomic mass is 9.98. The molecule has 0 saturated carbocycles. The highest BCUT2D eigenvalue weighted by molar-refractivity contribution is 7.17. The van der Waals surface area contributed by atoms with E-state index in [1.165, 1.54) is 17.7 Å². The van der Waals surface area contributed by atoms with E-state index in [-0.39, 0.29) is 18.0 Å². The van der Waals surface area contributed by atoms with Crippen LogP contribution >= 0.6 is 22.9 Å². The summed E-state index contributed by atoms with van der Waals surface area (Å²) in [5.74, 6) is 0.356. The van der Waals surface area contributed by atoms with Gasteiger partial charge in [-0.1, -0.05) is 24.6 Å². The van der Waals surface area contributed by atoms with E-state index >= 15 is 0 Å². The van der Waals surface area contributed by atoms with Gasteiger partial charge in [-0.2, -0.15) is 0 Å². The number of fused-ring (bicyclic) bond motifs is 1. The van der Waals surface area contributed by atoms with E-state index in [0.717, 1.165) is 27.6 Å². The summed E-state index contributed by atoms with van der Waals surface area (Å²) in [6, 6.07) is 8.98. The number of rotatable bonds is 6. The molecule has 0 aliphatic carbocycles. The molecule has 2 atom stereocenters. The van der Waals surface area contributed by atoms with Gasteiger partial charge in [-0.15, -0.1) is 11.3 Å². The lowest BCUT2D eigenvalue weighted by molar-refractivity contribution is -0.135. The Morgan fingerprint density at radius 1 is 1.28 bits per heavy atom. The van der Waals surface area contributed by atoms with Crippen LogP contribution in [0.5, 0.6) is 0 Å². The van der Waals surface area contributed by atoms with Crippen LogP contribution in [0, 0.1) is 0 Å². The van der Waals surface area contributed by atoms with E-state index in [1.54, 1.807) is 23.1 Å². The number of aromatic nitrogens is 2. The molecule has 4 rings (SSSR count). The van der Waals surface area contributed by atoms with Gasteiger partial charge >= 0.3 is 0 Å². The van der Waals surface area contributed by atoms with Crippen LogP contribution in [0.25, 0.3) is 17.0 Å². The number of halogens is 1. The molecule has 1 aromatic carbocycles. The van der Waals surface area contributed by atoms with Gasteiger partial charge in [0.25, 0.3) is 0 Å². The van der Waals surface area contributed by atoms with E-state index < -0.39 is 0 Å². The number of piperazine rings is 1. The van der Waals surface area contributed by atoms with Crippen LogP contribution in [0.3, 0.4) is 0 Å². The second-order valence-corrected chi connectivity index (χ2v) is 9.44. The van der Waals surface area contributed by atoms with Crippen LogP contribution in [0.2, 0.25) is 4.34 Å². The molecule has 0 radical (unpaired) electrons. The molecular formula is C23H24ClN5O2S. The van der Waals surface area contributed by atoms with Crippen molar-refractivity contribution in [2.75, 3.05) is 18.8 Å². The fourth-order valence-electron chi connectivity index (χ4n) is 4.20. The van der Waals surface area contributed by atoms with Gasteiger partial charge in [-0.05, 0) is 42.3 Å². The number of benzene rings is 1. The molecule has 2 aromatic heterocycles. The molecular weight excluding hydrogens is 446 g/mol. The number of nitrogens with two attached hydrogens (primary N) is 1. The minimum atomic E-state index is -0.381. The van der Waals surface area contributed by atoms with Crippen LogP contribution in [0.1, 0.15) is 23.8 Å². The van der Waals surface area contributed by atoms with Crippen molar-refractivity contribution in [3.63, 3.8) is 0 Å². The first-order valence-electron chi connectivity index (χ1n) is 10.4. The Morgan fingerprint density at radius 3 is 2.84 bits per heavy atom. The molecule has 32 heavy (non-hydrogen) atoms. The van der Waals surface area contributed by atoms with Crippen molar-refractivity contribution in [1.82, 2.24) is 19.8 Å². The molecule has 1 amide bonds. The normalized spacial score (nSPS) is 19.6. The van der Waals surface area contributed by atoms with Crippen molar-refractivity contribution >= 4 is 57.9 Å². The molecule has 3 aromatic rings. The number of carbonyl (C=O) groups excluding carboxylic acids is 2. The van der Waals surface area contributed by atoms with Crippen molar-refractivity contribution in [3.8, 4) is 0 Å². The molecule has 3 heterocycles. The smallest absolute Gasteiger partial charge is 0.246 e. The molecule has 1 unspecified atom stereocenters. The molecule has 7 nitrogen and oxygen atoms in total. The monoisotopic (exact) mass is 469 g/mol. The molecule has 1 aliphatic rings. The fraction of sp³-hybridized carbons (Fsp3) is 0.304. The second-order valence-electron chi connectivity index (χ2n) is 7.69. The van der Waals surface area contributed by atoms with Gasteiger partial charge in [0.1, 0.15) is 18.4 Å². The summed E-state index contributed by atoms with van der Waals surface area (Å²) in [5, 5.41) is 0.809. The summed E-state index contributed by atoms with van der Waals surface area (Å²) < 4.78 is 0.681. The van der Waals surface area contributed by atoms with Crippen molar-refractivity contribution in [3.05, 3.63) is 57.5 Å². The Labute approximate surface area is 195 Å². The first kappa shape index (κ1) is 22.4. The zero-order valence-corrected chi connectivity index (χ0v) is 19.2. The van der Waals surface area contributed by atoms with Crippen LogP contribution in [0.4, 0.5) is 5.82 Å². The number of thiophene rings is 1. The zero-order chi connectivity index (χ0) is 22.7. The second kappa shape index (κ2) is 9.77. The average molecular weight is 470 g/mol. The third-order valence-corrected chi connectivity index (χ3v) is 6.98. The number of aldehydes is 1. The van der Waals surface area contributed by atoms with E-state index in [1.807, 2.05) is 31.2 Å². The Morgan fingerprint density at radius 2 is 2.12 bits per heavy atom. The molecule has 1 fully saturated rings. The number of anilines is 1. The summed E-state index contributed by atoms with van der Waals surface area (Å²) in [7, 11) is 0. The van der Waals surface area contributed by atoms with Crippen molar-refractivity contribution in [2.45, 2.75) is 32.0 Å². The summed E-state index contributed by atoms with van der Waals surface area (Å²) in [6.45, 7) is 3.75. The van der Waals surface area contributed by atoms with Crippen molar-refractivity contribution in [1.29, 1.82) is 0 Å². The van der Waals surface area contributed by atoms with E-state index in [0.29, 0.717) is 36.2 Å². The van der Waals surface area contributed by atoms with Gasteiger partial charge < -0.3 is 15.4 Å². The highest BCUT2D eigenvalue weighted by atomic mass is 35.5. The van der Waals surface area contributed by atoms with Crippen LogP contribution in [-0.4, -0.2) is 57.1 Å². The summed E-state index contributed by atoms with van der Waals surface area (Å²) in [6.07, 6.45) is 6.43. The first-order chi connectivity index (χ1) is 15.5. The molecule has 1 saturated heterocycles. The van der Waals surface area contributed by atoms with Crippen LogP contribution < -0.4 is 5.73 Å². The Kier molecular flexibility index (Phi) is 6.83. The topological polar surface area (TPSA) is 92.4 Å². The molecule has 2 N–H and O–H groups in total. The number of amides is 1. The number of hydrogen-bond donors (Lipinski definition) is 1. The van der Waals surface area contributed by atoms with Gasteiger partial charge in [0.05, 0.1) is 21.9 Å². The van der Waals surface area contributed by atoms with E-state index in [9.17, 15) is 9.59 Å². The van der Waals surface area contributed by atoms with E-state index in [4.69, 9.17) is 17.3 Å². The maximum Gasteiger partial charge on any atom is 0.246 e. The van der Waals surface area contributed by atoms with Crippen molar-refractivity contribution in [2.24, 2.45) is 0 Å². The van der Waals surface area contributed by atoms with Gasteiger partial charge in [-0.25, -0.2) is 9.97 Å².